The Kier molecular flexibility index (Phi) is 6.07. The van der Waals surface area contributed by atoms with Gasteiger partial charge in [0.2, 0.25) is 0 Å². The van der Waals surface area contributed by atoms with Gasteiger partial charge in [-0.1, -0.05) is 103 Å². The van der Waals surface area contributed by atoms with Crippen LogP contribution in [-0.2, 0) is 0 Å². The lowest BCUT2D eigenvalue weighted by Gasteiger charge is -2.07. The molecule has 40 heavy (non-hydrogen) atoms. The second-order valence-corrected chi connectivity index (χ2v) is 9.46. The summed E-state index contributed by atoms with van der Waals surface area (Å²) in [6, 6.07) is 51.3. The highest BCUT2D eigenvalue weighted by Gasteiger charge is 2.17. The Hall–Kier alpha value is -5.55. The van der Waals surface area contributed by atoms with Crippen molar-refractivity contribution in [1.29, 1.82) is 0 Å². The summed E-state index contributed by atoms with van der Waals surface area (Å²) >= 11 is 0. The zero-order valence-corrected chi connectivity index (χ0v) is 21.7. The molecule has 5 heteroatoms. The number of pyridine rings is 1. The van der Waals surface area contributed by atoms with Gasteiger partial charge < -0.3 is 0 Å². The summed E-state index contributed by atoms with van der Waals surface area (Å²) in [5.41, 5.74) is 9.38. The van der Waals surface area contributed by atoms with Gasteiger partial charge in [-0.25, -0.2) is 14.3 Å². The quantitative estimate of drug-likeness (QED) is 0.225. The van der Waals surface area contributed by atoms with Gasteiger partial charge in [0, 0.05) is 11.1 Å². The van der Waals surface area contributed by atoms with Gasteiger partial charge in [-0.05, 0) is 48.5 Å². The first kappa shape index (κ1) is 23.6. The maximum Gasteiger partial charge on any atom is 0.112 e. The molecule has 0 aliphatic rings. The Bertz CT molecular complexity index is 1620. The molecule has 0 aliphatic carbocycles. The molecular formula is C35H25N5. The predicted molar refractivity (Wildman–Crippen MR) is 160 cm³/mol. The fourth-order valence-corrected chi connectivity index (χ4v) is 4.89. The molecule has 0 amide bonds. The molecule has 0 bridgehead atoms. The Morgan fingerprint density at radius 1 is 0.350 bits per heavy atom. The number of rotatable bonds is 6. The number of hydrogen-bond donors (Lipinski definition) is 0. The molecule has 0 aliphatic heterocycles. The minimum atomic E-state index is 0.792. The molecule has 0 atom stereocenters. The van der Waals surface area contributed by atoms with Crippen molar-refractivity contribution < 1.29 is 0 Å². The Labute approximate surface area is 232 Å². The van der Waals surface area contributed by atoms with Gasteiger partial charge in [-0.15, -0.1) is 0 Å². The third-order valence-corrected chi connectivity index (χ3v) is 6.83. The van der Waals surface area contributed by atoms with E-state index in [4.69, 9.17) is 15.2 Å². The Morgan fingerprint density at radius 2 is 0.725 bits per heavy atom. The summed E-state index contributed by atoms with van der Waals surface area (Å²) < 4.78 is 3.97. The smallest absolute Gasteiger partial charge is 0.112 e. The lowest BCUT2D eigenvalue weighted by atomic mass is 10.1. The first-order chi connectivity index (χ1) is 19.8. The molecule has 4 aromatic carbocycles. The van der Waals surface area contributed by atoms with Crippen molar-refractivity contribution in [3.05, 3.63) is 152 Å². The van der Waals surface area contributed by atoms with Gasteiger partial charge in [0.1, 0.15) is 11.4 Å². The van der Waals surface area contributed by atoms with Crippen LogP contribution in [0.3, 0.4) is 0 Å². The monoisotopic (exact) mass is 515 g/mol. The van der Waals surface area contributed by atoms with E-state index < -0.39 is 0 Å². The van der Waals surface area contributed by atoms with Gasteiger partial charge >= 0.3 is 0 Å². The molecule has 190 valence electrons. The van der Waals surface area contributed by atoms with Gasteiger partial charge in [0.25, 0.3) is 0 Å². The van der Waals surface area contributed by atoms with Crippen LogP contribution in [0.5, 0.6) is 0 Å². The van der Waals surface area contributed by atoms with Crippen molar-refractivity contribution in [2.75, 3.05) is 0 Å². The molecule has 3 heterocycles. The fourth-order valence-electron chi connectivity index (χ4n) is 4.89. The van der Waals surface area contributed by atoms with Crippen LogP contribution in [0.15, 0.2) is 152 Å². The minimum Gasteiger partial charge on any atom is -0.244 e. The lowest BCUT2D eigenvalue weighted by Crippen LogP contribution is -1.99. The average Bonchev–Trinajstić information content (AvgIpc) is 3.69. The highest BCUT2D eigenvalue weighted by molar-refractivity contribution is 5.72. The lowest BCUT2D eigenvalue weighted by molar-refractivity contribution is 0.886. The van der Waals surface area contributed by atoms with E-state index in [-0.39, 0.29) is 0 Å². The maximum atomic E-state index is 5.05. The van der Waals surface area contributed by atoms with Crippen molar-refractivity contribution in [1.82, 2.24) is 24.5 Å². The molecule has 0 saturated carbocycles. The summed E-state index contributed by atoms with van der Waals surface area (Å²) in [5.74, 6) is 0. The van der Waals surface area contributed by atoms with Crippen molar-refractivity contribution in [2.45, 2.75) is 0 Å². The van der Waals surface area contributed by atoms with Gasteiger partial charge in [0.15, 0.2) is 0 Å². The van der Waals surface area contributed by atoms with Crippen molar-refractivity contribution in [2.24, 2.45) is 0 Å². The van der Waals surface area contributed by atoms with E-state index in [2.05, 4.69) is 60.7 Å². The van der Waals surface area contributed by atoms with Crippen LogP contribution in [0, 0.1) is 0 Å². The number of aromatic nitrogens is 5. The van der Waals surface area contributed by atoms with E-state index in [1.165, 1.54) is 0 Å². The molecule has 3 aromatic heterocycles. The number of para-hydroxylation sites is 2. The molecular weight excluding hydrogens is 490 g/mol. The van der Waals surface area contributed by atoms with Crippen molar-refractivity contribution >= 4 is 0 Å². The van der Waals surface area contributed by atoms with E-state index in [0.717, 1.165) is 56.7 Å². The molecule has 7 rings (SSSR count). The highest BCUT2D eigenvalue weighted by atomic mass is 15.3. The molecule has 0 fully saturated rings. The van der Waals surface area contributed by atoms with Gasteiger partial charge in [-0.2, -0.15) is 10.2 Å². The number of benzene rings is 4. The van der Waals surface area contributed by atoms with E-state index in [9.17, 15) is 0 Å². The zero-order valence-electron chi connectivity index (χ0n) is 21.7. The van der Waals surface area contributed by atoms with E-state index in [1.54, 1.807) is 0 Å². The molecule has 0 saturated heterocycles. The first-order valence-corrected chi connectivity index (χ1v) is 13.2. The maximum absolute atomic E-state index is 5.05. The van der Waals surface area contributed by atoms with Crippen LogP contribution in [0.25, 0.3) is 56.7 Å². The zero-order chi connectivity index (χ0) is 26.7. The van der Waals surface area contributed by atoms with Crippen LogP contribution >= 0.6 is 0 Å². The number of hydrogen-bond acceptors (Lipinski definition) is 3. The molecule has 0 unspecified atom stereocenters. The summed E-state index contributed by atoms with van der Waals surface area (Å²) in [6.07, 6.45) is 0. The standard InChI is InChI=1S/C35H25N5/c1-5-14-26(15-6-1)34-24-32(37-39(34)28-18-9-3-10-19-28)30-22-13-23-31(36-30)33-25-35(27-16-7-2-8-17-27)40(38-33)29-20-11-4-12-21-29/h1-25H. The van der Waals surface area contributed by atoms with E-state index >= 15 is 0 Å². The summed E-state index contributed by atoms with van der Waals surface area (Å²) in [4.78, 5) is 5.05. The topological polar surface area (TPSA) is 48.5 Å². The third-order valence-electron chi connectivity index (χ3n) is 6.83. The summed E-state index contributed by atoms with van der Waals surface area (Å²) in [5, 5.41) is 10.0. The Balaban J connectivity index is 1.34. The molecule has 0 spiro atoms. The summed E-state index contributed by atoms with van der Waals surface area (Å²) in [7, 11) is 0. The Morgan fingerprint density at radius 3 is 1.12 bits per heavy atom. The third kappa shape index (κ3) is 4.50. The second kappa shape index (κ2) is 10.3. The normalized spacial score (nSPS) is 11.0. The molecule has 0 N–H and O–H groups in total. The van der Waals surface area contributed by atoms with Crippen LogP contribution < -0.4 is 0 Å². The molecule has 0 radical (unpaired) electrons. The SMILES string of the molecule is c1ccc(-c2cc(-c3cccc(-c4cc(-c5ccccc5)n(-c5ccccc5)n4)n3)nn2-c2ccccc2)cc1. The van der Waals surface area contributed by atoms with Crippen molar-refractivity contribution in [3.63, 3.8) is 0 Å². The van der Waals surface area contributed by atoms with Crippen molar-refractivity contribution in [3.8, 4) is 56.7 Å². The largest absolute Gasteiger partial charge is 0.244 e. The predicted octanol–water partition coefficient (Wildman–Crippen LogP) is 8.12. The van der Waals surface area contributed by atoms with Crippen LogP contribution in [0.2, 0.25) is 0 Å². The first-order valence-electron chi connectivity index (χ1n) is 13.2. The second-order valence-electron chi connectivity index (χ2n) is 9.46. The summed E-state index contributed by atoms with van der Waals surface area (Å²) in [6.45, 7) is 0. The fraction of sp³-hybridized carbons (Fsp3) is 0. The highest BCUT2D eigenvalue weighted by Crippen LogP contribution is 2.31. The van der Waals surface area contributed by atoms with E-state index in [0.29, 0.717) is 0 Å². The van der Waals surface area contributed by atoms with Gasteiger partial charge in [0.05, 0.1) is 34.2 Å². The minimum absolute atomic E-state index is 0.792. The van der Waals surface area contributed by atoms with E-state index in [1.807, 2.05) is 100 Å². The van der Waals surface area contributed by atoms with Gasteiger partial charge in [-0.3, -0.25) is 0 Å². The van der Waals surface area contributed by atoms with Crippen LogP contribution in [0.1, 0.15) is 0 Å². The van der Waals surface area contributed by atoms with Crippen LogP contribution in [-0.4, -0.2) is 24.5 Å². The molecule has 7 aromatic rings. The number of nitrogens with zero attached hydrogens (tertiary/aromatic N) is 5. The average molecular weight is 516 g/mol. The molecule has 5 nitrogen and oxygen atoms in total. The van der Waals surface area contributed by atoms with Crippen LogP contribution in [0.4, 0.5) is 0 Å².